The topological polar surface area (TPSA) is 92.4 Å². The van der Waals surface area contributed by atoms with Gasteiger partial charge in [0.05, 0.1) is 22.3 Å². The number of nitrogens with zero attached hydrogens (tertiary/aromatic N) is 1. The molecule has 5 rings (SSSR count). The molecule has 3 aliphatic rings. The van der Waals surface area contributed by atoms with Crippen molar-refractivity contribution in [1.82, 2.24) is 5.16 Å². The van der Waals surface area contributed by atoms with Crippen LogP contribution in [-0.4, -0.2) is 22.1 Å². The molecule has 1 aromatic carbocycles. The number of amides is 1. The largest absolute Gasteiger partial charge is 0.481 e. The first-order valence-corrected chi connectivity index (χ1v) is 13.4. The summed E-state index contributed by atoms with van der Waals surface area (Å²) in [5.41, 5.74) is 3.57. The number of rotatable bonds is 8. The monoisotopic (exact) mass is 498 g/mol. The van der Waals surface area contributed by atoms with Gasteiger partial charge in [-0.3, -0.25) is 9.59 Å². The summed E-state index contributed by atoms with van der Waals surface area (Å²) in [4.78, 5) is 25.4. The zero-order chi connectivity index (χ0) is 24.9. The van der Waals surface area contributed by atoms with E-state index in [-0.39, 0.29) is 11.8 Å². The molecule has 1 aromatic heterocycles. The minimum atomic E-state index is -0.856. The Labute approximate surface area is 211 Å². The van der Waals surface area contributed by atoms with Crippen LogP contribution in [0.15, 0.2) is 22.7 Å². The van der Waals surface area contributed by atoms with Crippen molar-refractivity contribution in [1.29, 1.82) is 0 Å². The van der Waals surface area contributed by atoms with Crippen molar-refractivity contribution in [3.8, 4) is 0 Å². The Morgan fingerprint density at radius 1 is 1.17 bits per heavy atom. The van der Waals surface area contributed by atoms with E-state index in [4.69, 9.17) is 16.1 Å². The molecule has 7 heteroatoms. The van der Waals surface area contributed by atoms with Crippen LogP contribution in [0.3, 0.4) is 0 Å². The van der Waals surface area contributed by atoms with Crippen molar-refractivity contribution < 1.29 is 19.2 Å². The number of carboxylic acids is 1. The van der Waals surface area contributed by atoms with Gasteiger partial charge in [-0.25, -0.2) is 0 Å². The van der Waals surface area contributed by atoms with E-state index in [1.807, 2.05) is 19.1 Å². The zero-order valence-electron chi connectivity index (χ0n) is 20.7. The van der Waals surface area contributed by atoms with Crippen LogP contribution in [0.5, 0.6) is 0 Å². The summed E-state index contributed by atoms with van der Waals surface area (Å²) in [5.74, 6) is 0.877. The lowest BCUT2D eigenvalue weighted by atomic mass is 9.69. The first-order chi connectivity index (χ1) is 16.7. The van der Waals surface area contributed by atoms with Crippen LogP contribution in [0.1, 0.15) is 99.1 Å². The molecule has 0 radical (unpaired) electrons. The summed E-state index contributed by atoms with van der Waals surface area (Å²) in [6.45, 7) is 6.48. The number of aromatic nitrogens is 1. The Morgan fingerprint density at radius 2 is 1.91 bits per heavy atom. The molecule has 188 valence electrons. The molecule has 3 aliphatic carbocycles. The number of benzene rings is 1. The molecule has 35 heavy (non-hydrogen) atoms. The fourth-order valence-corrected chi connectivity index (χ4v) is 6.54. The van der Waals surface area contributed by atoms with E-state index in [0.717, 1.165) is 48.6 Å². The predicted octanol–water partition coefficient (Wildman–Crippen LogP) is 6.89. The van der Waals surface area contributed by atoms with Gasteiger partial charge in [-0.15, -0.1) is 0 Å². The SMILES string of the molecule is Cc1ccc(NC(=O)[C@H]2C[C@H](C(=O)O)C[C@@H]2c2noc([C@H]3C[C@H](CC(C)C)C3)c2C2CC2)c(Cl)c1. The highest BCUT2D eigenvalue weighted by atomic mass is 35.5. The highest BCUT2D eigenvalue weighted by Gasteiger charge is 2.48. The molecule has 0 unspecified atom stereocenters. The number of hydrogen-bond donors (Lipinski definition) is 2. The fraction of sp³-hybridized carbons (Fsp3) is 0.607. The van der Waals surface area contributed by atoms with Crippen LogP contribution in [0.4, 0.5) is 5.69 Å². The average molecular weight is 499 g/mol. The molecule has 3 saturated carbocycles. The van der Waals surface area contributed by atoms with Crippen molar-refractivity contribution in [2.24, 2.45) is 23.7 Å². The number of carboxylic acid groups (broad SMARTS) is 1. The maximum absolute atomic E-state index is 13.4. The van der Waals surface area contributed by atoms with Crippen molar-refractivity contribution in [2.45, 2.75) is 83.5 Å². The van der Waals surface area contributed by atoms with Crippen molar-refractivity contribution in [3.63, 3.8) is 0 Å². The molecule has 0 spiro atoms. The summed E-state index contributed by atoms with van der Waals surface area (Å²) in [6.07, 6.45) is 6.41. The second kappa shape index (κ2) is 9.61. The second-order valence-corrected chi connectivity index (χ2v) is 11.9. The van der Waals surface area contributed by atoms with Crippen LogP contribution in [0, 0.1) is 30.6 Å². The third-order valence-electron chi connectivity index (χ3n) is 8.16. The average Bonchev–Trinajstić information content (AvgIpc) is 3.35. The van der Waals surface area contributed by atoms with Gasteiger partial charge in [0.15, 0.2) is 0 Å². The number of nitrogens with one attached hydrogen (secondary N) is 1. The molecule has 6 nitrogen and oxygen atoms in total. The number of carbonyl (C=O) groups excluding carboxylic acids is 1. The van der Waals surface area contributed by atoms with Gasteiger partial charge in [-0.2, -0.15) is 0 Å². The van der Waals surface area contributed by atoms with E-state index < -0.39 is 17.8 Å². The van der Waals surface area contributed by atoms with E-state index >= 15 is 0 Å². The maximum Gasteiger partial charge on any atom is 0.306 e. The second-order valence-electron chi connectivity index (χ2n) is 11.5. The third-order valence-corrected chi connectivity index (χ3v) is 8.48. The minimum absolute atomic E-state index is 0.198. The van der Waals surface area contributed by atoms with Gasteiger partial charge in [-0.1, -0.05) is 36.7 Å². The summed E-state index contributed by atoms with van der Waals surface area (Å²) in [5, 5.41) is 17.7. The maximum atomic E-state index is 13.4. The molecule has 0 aliphatic heterocycles. The van der Waals surface area contributed by atoms with Gasteiger partial charge < -0.3 is 14.9 Å². The molecule has 0 saturated heterocycles. The van der Waals surface area contributed by atoms with Crippen molar-refractivity contribution in [2.75, 3.05) is 5.32 Å². The Kier molecular flexibility index (Phi) is 6.69. The van der Waals surface area contributed by atoms with Gasteiger partial charge in [0.2, 0.25) is 5.91 Å². The number of anilines is 1. The molecule has 2 aromatic rings. The van der Waals surface area contributed by atoms with Gasteiger partial charge in [0.25, 0.3) is 0 Å². The molecule has 1 heterocycles. The lowest BCUT2D eigenvalue weighted by Gasteiger charge is -2.35. The molecular formula is C28H35ClN2O4. The molecule has 1 amide bonds. The third kappa shape index (κ3) is 5.00. The van der Waals surface area contributed by atoms with Crippen LogP contribution in [-0.2, 0) is 9.59 Å². The Bertz CT molecular complexity index is 1120. The fourth-order valence-electron chi connectivity index (χ4n) is 6.25. The summed E-state index contributed by atoms with van der Waals surface area (Å²) in [6, 6.07) is 5.50. The summed E-state index contributed by atoms with van der Waals surface area (Å²) < 4.78 is 5.99. The van der Waals surface area contributed by atoms with E-state index in [0.29, 0.717) is 41.3 Å². The number of aliphatic carboxylic acids is 1. The predicted molar refractivity (Wildman–Crippen MR) is 135 cm³/mol. The van der Waals surface area contributed by atoms with Gasteiger partial charge in [0, 0.05) is 23.3 Å². The van der Waals surface area contributed by atoms with Crippen molar-refractivity contribution in [3.05, 3.63) is 45.8 Å². The lowest BCUT2D eigenvalue weighted by molar-refractivity contribution is -0.141. The minimum Gasteiger partial charge on any atom is -0.481 e. The molecule has 2 N–H and O–H groups in total. The summed E-state index contributed by atoms with van der Waals surface area (Å²) >= 11 is 6.36. The van der Waals surface area contributed by atoms with Gasteiger partial charge >= 0.3 is 5.97 Å². The number of hydrogen-bond acceptors (Lipinski definition) is 4. The molecular weight excluding hydrogens is 464 g/mol. The van der Waals surface area contributed by atoms with Crippen LogP contribution in [0.25, 0.3) is 0 Å². The highest BCUT2D eigenvalue weighted by Crippen LogP contribution is 2.55. The molecule has 0 bridgehead atoms. The normalized spacial score (nSPS) is 28.2. The van der Waals surface area contributed by atoms with Gasteiger partial charge in [-0.05, 0) is 87.3 Å². The number of halogens is 1. The quantitative estimate of drug-likeness (QED) is 0.413. The highest BCUT2D eigenvalue weighted by molar-refractivity contribution is 6.33. The van der Waals surface area contributed by atoms with Crippen LogP contribution >= 0.6 is 11.6 Å². The van der Waals surface area contributed by atoms with E-state index in [1.165, 1.54) is 12.0 Å². The lowest BCUT2D eigenvalue weighted by Crippen LogP contribution is -2.26. The smallest absolute Gasteiger partial charge is 0.306 e. The van der Waals surface area contributed by atoms with E-state index in [2.05, 4.69) is 24.3 Å². The van der Waals surface area contributed by atoms with E-state index in [9.17, 15) is 14.7 Å². The van der Waals surface area contributed by atoms with Crippen molar-refractivity contribution >= 4 is 29.2 Å². The van der Waals surface area contributed by atoms with Gasteiger partial charge in [0.1, 0.15) is 5.76 Å². The first kappa shape index (κ1) is 24.4. The zero-order valence-corrected chi connectivity index (χ0v) is 21.5. The van der Waals surface area contributed by atoms with Crippen LogP contribution in [0.2, 0.25) is 5.02 Å². The summed E-state index contributed by atoms with van der Waals surface area (Å²) in [7, 11) is 0. The molecule has 3 fully saturated rings. The Hall–Kier alpha value is -2.34. The molecule has 3 atom stereocenters. The number of aryl methyl sites for hydroxylation is 1. The standard InChI is InChI=1S/C28H35ClN2O4/c1-14(2)8-16-10-18(11-16)26-24(17-5-6-17)25(31-35-26)20-12-19(28(33)34)13-21(20)27(32)30-23-7-4-15(3)9-22(23)29/h4,7,9,14,16-21H,5-6,8,10-13H2,1-3H3,(H,30,32)(H,33,34)/t16-,18-,19-,20+,21+/m1/s1. The van der Waals surface area contributed by atoms with E-state index in [1.54, 1.807) is 6.07 Å². The Balaban J connectivity index is 1.40. The van der Waals surface area contributed by atoms with Crippen LogP contribution < -0.4 is 5.32 Å². The number of carbonyl (C=O) groups is 2. The first-order valence-electron chi connectivity index (χ1n) is 13.0. The Morgan fingerprint density at radius 3 is 2.54 bits per heavy atom.